The molecule has 0 spiro atoms. The standard InChI is InChI=1S/C17H19N3O5/c1-11(2)10-25-16-9-18-13(7-15(16)21)8-19-17(22)12-4-3-5-14(6-12)20(23)24/h3-7,9,11H,8,10H2,1-2H3,(H,18,21)(H,19,22). The molecule has 0 aliphatic carbocycles. The molecule has 1 heterocycles. The molecule has 0 saturated carbocycles. The minimum atomic E-state index is -0.565. The van der Waals surface area contributed by atoms with Crippen LogP contribution in [0.5, 0.6) is 5.75 Å². The highest BCUT2D eigenvalue weighted by molar-refractivity contribution is 5.94. The third-order valence-electron chi connectivity index (χ3n) is 3.27. The quantitative estimate of drug-likeness (QED) is 0.590. The van der Waals surface area contributed by atoms with Crippen LogP contribution in [-0.4, -0.2) is 22.4 Å². The van der Waals surface area contributed by atoms with Crippen molar-refractivity contribution in [1.29, 1.82) is 0 Å². The van der Waals surface area contributed by atoms with Gasteiger partial charge < -0.3 is 15.0 Å². The Bertz CT molecular complexity index is 829. The number of non-ortho nitro benzene ring substituents is 1. The van der Waals surface area contributed by atoms with Gasteiger partial charge in [-0.1, -0.05) is 19.9 Å². The number of carbonyl (C=O) groups excluding carboxylic acids is 1. The molecule has 2 N–H and O–H groups in total. The molecule has 132 valence electrons. The monoisotopic (exact) mass is 345 g/mol. The molecule has 25 heavy (non-hydrogen) atoms. The summed E-state index contributed by atoms with van der Waals surface area (Å²) in [7, 11) is 0. The second-order valence-corrected chi connectivity index (χ2v) is 5.88. The van der Waals surface area contributed by atoms with Crippen LogP contribution in [0.15, 0.2) is 41.3 Å². The van der Waals surface area contributed by atoms with Crippen LogP contribution in [0, 0.1) is 16.0 Å². The molecule has 8 nitrogen and oxygen atoms in total. The summed E-state index contributed by atoms with van der Waals surface area (Å²) in [5.74, 6) is 0.0560. The van der Waals surface area contributed by atoms with Gasteiger partial charge in [0.15, 0.2) is 5.75 Å². The first-order valence-corrected chi connectivity index (χ1v) is 7.74. The van der Waals surface area contributed by atoms with E-state index in [1.54, 1.807) is 0 Å². The zero-order chi connectivity index (χ0) is 18.4. The van der Waals surface area contributed by atoms with E-state index < -0.39 is 10.8 Å². The lowest BCUT2D eigenvalue weighted by molar-refractivity contribution is -0.384. The van der Waals surface area contributed by atoms with Crippen molar-refractivity contribution in [2.75, 3.05) is 6.61 Å². The highest BCUT2D eigenvalue weighted by Crippen LogP contribution is 2.13. The number of nitrogens with zero attached hydrogens (tertiary/aromatic N) is 1. The van der Waals surface area contributed by atoms with Crippen LogP contribution >= 0.6 is 0 Å². The van der Waals surface area contributed by atoms with Gasteiger partial charge in [0.2, 0.25) is 5.43 Å². The molecular formula is C17H19N3O5. The van der Waals surface area contributed by atoms with E-state index in [1.807, 2.05) is 13.8 Å². The molecule has 2 aromatic rings. The summed E-state index contributed by atoms with van der Waals surface area (Å²) in [6.07, 6.45) is 1.46. The van der Waals surface area contributed by atoms with Gasteiger partial charge in [-0.2, -0.15) is 0 Å². The minimum absolute atomic E-state index is 0.0845. The van der Waals surface area contributed by atoms with Crippen LogP contribution in [0.2, 0.25) is 0 Å². The summed E-state index contributed by atoms with van der Waals surface area (Å²) in [6.45, 7) is 4.48. The van der Waals surface area contributed by atoms with Gasteiger partial charge in [0, 0.05) is 35.7 Å². The number of hydrogen-bond donors (Lipinski definition) is 2. The first-order valence-electron chi connectivity index (χ1n) is 7.74. The molecule has 0 aliphatic rings. The summed E-state index contributed by atoms with van der Waals surface area (Å²) in [4.78, 5) is 37.1. The molecule has 0 radical (unpaired) electrons. The maximum absolute atomic E-state index is 12.1. The van der Waals surface area contributed by atoms with Gasteiger partial charge in [0.05, 0.1) is 18.1 Å². The molecule has 0 saturated heterocycles. The van der Waals surface area contributed by atoms with Gasteiger partial charge in [-0.05, 0) is 12.0 Å². The topological polar surface area (TPSA) is 114 Å². The Morgan fingerprint density at radius 1 is 1.36 bits per heavy atom. The van der Waals surface area contributed by atoms with Gasteiger partial charge in [-0.15, -0.1) is 0 Å². The Morgan fingerprint density at radius 2 is 2.12 bits per heavy atom. The fraction of sp³-hybridized carbons (Fsp3) is 0.294. The van der Waals surface area contributed by atoms with Gasteiger partial charge in [-0.3, -0.25) is 19.7 Å². The predicted octanol–water partition coefficient (Wildman–Crippen LogP) is 2.25. The lowest BCUT2D eigenvalue weighted by atomic mass is 10.2. The summed E-state index contributed by atoms with van der Waals surface area (Å²) in [6, 6.07) is 6.78. The number of nitro groups is 1. The van der Waals surface area contributed by atoms with Crippen LogP contribution in [0.3, 0.4) is 0 Å². The maximum Gasteiger partial charge on any atom is 0.270 e. The summed E-state index contributed by atoms with van der Waals surface area (Å²) >= 11 is 0. The lowest BCUT2D eigenvalue weighted by Gasteiger charge is -2.09. The number of ether oxygens (including phenoxy) is 1. The first kappa shape index (κ1) is 18.2. The highest BCUT2D eigenvalue weighted by Gasteiger charge is 2.11. The van der Waals surface area contributed by atoms with Crippen molar-refractivity contribution < 1.29 is 14.5 Å². The van der Waals surface area contributed by atoms with Crippen LogP contribution in [-0.2, 0) is 6.54 Å². The van der Waals surface area contributed by atoms with Crippen LogP contribution in [0.1, 0.15) is 29.9 Å². The number of H-pyrrole nitrogens is 1. The van der Waals surface area contributed by atoms with E-state index in [0.29, 0.717) is 18.2 Å². The van der Waals surface area contributed by atoms with Crippen molar-refractivity contribution >= 4 is 11.6 Å². The Morgan fingerprint density at radius 3 is 2.76 bits per heavy atom. The Balaban J connectivity index is 2.00. The number of carbonyl (C=O) groups is 1. The molecule has 8 heteroatoms. The van der Waals surface area contributed by atoms with E-state index in [-0.39, 0.29) is 29.0 Å². The van der Waals surface area contributed by atoms with Crippen LogP contribution in [0.4, 0.5) is 5.69 Å². The largest absolute Gasteiger partial charge is 0.488 e. The smallest absolute Gasteiger partial charge is 0.270 e. The molecule has 0 aliphatic heterocycles. The van der Waals surface area contributed by atoms with Gasteiger partial charge in [0.25, 0.3) is 11.6 Å². The summed E-state index contributed by atoms with van der Waals surface area (Å²) in [5, 5.41) is 13.3. The fourth-order valence-corrected chi connectivity index (χ4v) is 2.01. The van der Waals surface area contributed by atoms with E-state index in [9.17, 15) is 19.7 Å². The number of hydrogen-bond acceptors (Lipinski definition) is 5. The molecule has 1 aromatic carbocycles. The lowest BCUT2D eigenvalue weighted by Crippen LogP contribution is -2.24. The number of amides is 1. The SMILES string of the molecule is CC(C)COc1c[nH]c(CNC(=O)c2cccc([N+](=O)[O-])c2)cc1=O. The zero-order valence-corrected chi connectivity index (χ0v) is 13.9. The molecular weight excluding hydrogens is 326 g/mol. The number of aromatic amines is 1. The molecule has 1 aromatic heterocycles. The minimum Gasteiger partial charge on any atom is -0.488 e. The molecule has 0 unspecified atom stereocenters. The van der Waals surface area contributed by atoms with Crippen molar-refractivity contribution in [1.82, 2.24) is 10.3 Å². The number of pyridine rings is 1. The van der Waals surface area contributed by atoms with Gasteiger partial charge >= 0.3 is 0 Å². The Hall–Kier alpha value is -3.16. The highest BCUT2D eigenvalue weighted by atomic mass is 16.6. The molecule has 2 rings (SSSR count). The molecule has 1 amide bonds. The average Bonchev–Trinajstić information content (AvgIpc) is 2.58. The van der Waals surface area contributed by atoms with Gasteiger partial charge in [-0.25, -0.2) is 0 Å². The van der Waals surface area contributed by atoms with Crippen LogP contribution in [0.25, 0.3) is 0 Å². The third kappa shape index (κ3) is 5.17. The number of rotatable bonds is 7. The van der Waals surface area contributed by atoms with Crippen molar-refractivity contribution in [3.8, 4) is 5.75 Å². The van der Waals surface area contributed by atoms with Gasteiger partial charge in [0.1, 0.15) is 0 Å². The third-order valence-corrected chi connectivity index (χ3v) is 3.27. The second-order valence-electron chi connectivity index (χ2n) is 5.88. The fourth-order valence-electron chi connectivity index (χ4n) is 2.01. The van der Waals surface area contributed by atoms with E-state index >= 15 is 0 Å². The van der Waals surface area contributed by atoms with Crippen molar-refractivity contribution in [2.24, 2.45) is 5.92 Å². The first-order chi connectivity index (χ1) is 11.9. The molecule has 0 fully saturated rings. The molecule has 0 atom stereocenters. The number of nitro benzene ring substituents is 1. The number of nitrogens with one attached hydrogen (secondary N) is 2. The number of benzene rings is 1. The Labute approximate surface area is 144 Å². The summed E-state index contributed by atoms with van der Waals surface area (Å²) < 4.78 is 5.39. The zero-order valence-electron chi connectivity index (χ0n) is 13.9. The number of aromatic nitrogens is 1. The molecule has 0 bridgehead atoms. The van der Waals surface area contributed by atoms with E-state index in [4.69, 9.17) is 4.74 Å². The average molecular weight is 345 g/mol. The van der Waals surface area contributed by atoms with E-state index in [0.717, 1.165) is 0 Å². The normalized spacial score (nSPS) is 10.5. The van der Waals surface area contributed by atoms with Crippen molar-refractivity contribution in [3.63, 3.8) is 0 Å². The van der Waals surface area contributed by atoms with Crippen molar-refractivity contribution in [3.05, 3.63) is 68.1 Å². The predicted molar refractivity (Wildman–Crippen MR) is 91.7 cm³/mol. The van der Waals surface area contributed by atoms with E-state index in [2.05, 4.69) is 10.3 Å². The van der Waals surface area contributed by atoms with Crippen LogP contribution < -0.4 is 15.5 Å². The summed E-state index contributed by atoms with van der Waals surface area (Å²) in [5.41, 5.74) is 0.237. The Kier molecular flexibility index (Phi) is 5.89. The van der Waals surface area contributed by atoms with E-state index in [1.165, 1.54) is 36.5 Å². The van der Waals surface area contributed by atoms with Crippen molar-refractivity contribution in [2.45, 2.75) is 20.4 Å². The second kappa shape index (κ2) is 8.09. The maximum atomic E-state index is 12.1.